The van der Waals surface area contributed by atoms with Crippen LogP contribution in [0.4, 0.5) is 4.39 Å². The Morgan fingerprint density at radius 1 is 1.13 bits per heavy atom. The van der Waals surface area contributed by atoms with Crippen molar-refractivity contribution in [1.29, 1.82) is 0 Å². The van der Waals surface area contributed by atoms with Crippen LogP contribution in [0, 0.1) is 5.82 Å². The predicted octanol–water partition coefficient (Wildman–Crippen LogP) is 3.15. The molecule has 1 unspecified atom stereocenters. The smallest absolute Gasteiger partial charge is 0.263 e. The van der Waals surface area contributed by atoms with Gasteiger partial charge in [0.25, 0.3) is 11.8 Å². The van der Waals surface area contributed by atoms with Crippen LogP contribution in [0.5, 0.6) is 0 Å². The molecule has 1 fully saturated rings. The van der Waals surface area contributed by atoms with Gasteiger partial charge >= 0.3 is 0 Å². The summed E-state index contributed by atoms with van der Waals surface area (Å²) in [4.78, 5) is 28.5. The van der Waals surface area contributed by atoms with E-state index in [1.165, 1.54) is 19.1 Å². The lowest BCUT2D eigenvalue weighted by atomic mass is 9.91. The second-order valence-corrected chi connectivity index (χ2v) is 8.47. The van der Waals surface area contributed by atoms with Crippen LogP contribution in [0.25, 0.3) is 11.0 Å². The number of carbonyl (C=O) groups is 2. The van der Waals surface area contributed by atoms with E-state index in [0.29, 0.717) is 29.8 Å². The van der Waals surface area contributed by atoms with Crippen LogP contribution in [0.2, 0.25) is 0 Å². The third-order valence-corrected chi connectivity index (χ3v) is 6.24. The Morgan fingerprint density at radius 3 is 2.42 bits per heavy atom. The summed E-state index contributed by atoms with van der Waals surface area (Å²) in [6.45, 7) is 3.00. The van der Waals surface area contributed by atoms with Crippen LogP contribution in [0.3, 0.4) is 0 Å². The number of halogens is 1. The fourth-order valence-corrected chi connectivity index (χ4v) is 4.71. The Hall–Kier alpha value is -3.10. The molecule has 2 amide bonds. The molecule has 2 aliphatic rings. The lowest BCUT2D eigenvalue weighted by Crippen LogP contribution is -2.57. The van der Waals surface area contributed by atoms with E-state index in [1.807, 2.05) is 4.90 Å². The van der Waals surface area contributed by atoms with Crippen LogP contribution in [0.15, 0.2) is 47.0 Å². The van der Waals surface area contributed by atoms with Gasteiger partial charge in [0.05, 0.1) is 16.8 Å². The Balaban J connectivity index is 1.27. The second kappa shape index (κ2) is 7.25. The molecule has 0 aliphatic carbocycles. The fourth-order valence-electron chi connectivity index (χ4n) is 4.71. The molecule has 1 atom stereocenters. The lowest BCUT2D eigenvalue weighted by Gasteiger charge is -2.39. The van der Waals surface area contributed by atoms with Crippen molar-refractivity contribution in [3.63, 3.8) is 0 Å². The number of carbonyl (C=O) groups excluding carboxylic acids is 2. The Kier molecular flexibility index (Phi) is 4.64. The number of rotatable bonds is 4. The van der Waals surface area contributed by atoms with Gasteiger partial charge in [0.2, 0.25) is 0 Å². The molecule has 3 aromatic rings. The number of imide groups is 1. The highest BCUT2D eigenvalue weighted by Crippen LogP contribution is 2.34. The summed E-state index contributed by atoms with van der Waals surface area (Å²) in [5, 5.41) is 16.1. The van der Waals surface area contributed by atoms with E-state index >= 15 is 0 Å². The molecule has 0 bridgehead atoms. The van der Waals surface area contributed by atoms with Crippen molar-refractivity contribution in [2.75, 3.05) is 19.6 Å². The zero-order chi connectivity index (χ0) is 21.8. The average molecular weight is 423 g/mol. The van der Waals surface area contributed by atoms with Gasteiger partial charge in [-0.25, -0.2) is 9.29 Å². The zero-order valence-corrected chi connectivity index (χ0v) is 17.0. The van der Waals surface area contributed by atoms with Crippen molar-refractivity contribution in [3.8, 4) is 0 Å². The lowest BCUT2D eigenvalue weighted by molar-refractivity contribution is -0.0764. The third-order valence-electron chi connectivity index (χ3n) is 6.24. The van der Waals surface area contributed by atoms with Gasteiger partial charge in [-0.1, -0.05) is 17.3 Å². The van der Waals surface area contributed by atoms with Crippen LogP contribution >= 0.6 is 0 Å². The van der Waals surface area contributed by atoms with Crippen molar-refractivity contribution < 1.29 is 23.6 Å². The topological polar surface area (TPSA) is 86.9 Å². The van der Waals surface area contributed by atoms with Crippen LogP contribution in [-0.2, 0) is 0 Å². The molecule has 1 saturated heterocycles. The van der Waals surface area contributed by atoms with E-state index in [1.54, 1.807) is 30.3 Å². The maximum Gasteiger partial charge on any atom is 0.263 e. The molecule has 1 N–H and O–H groups in total. The van der Waals surface area contributed by atoms with E-state index in [0.717, 1.165) is 28.8 Å². The SMILES string of the molecule is CC(O)(CN1CCC(c2noc3cc(F)ccc23)CC1)N1C(=O)c2ccccc2C1=O. The first-order valence-electron chi connectivity index (χ1n) is 10.3. The van der Waals surface area contributed by atoms with Crippen LogP contribution in [-0.4, -0.2) is 57.2 Å². The molecule has 0 saturated carbocycles. The number of benzene rings is 2. The van der Waals surface area contributed by atoms with E-state index in [-0.39, 0.29) is 18.3 Å². The summed E-state index contributed by atoms with van der Waals surface area (Å²) >= 11 is 0. The molecule has 0 spiro atoms. The first-order valence-corrected chi connectivity index (χ1v) is 10.3. The minimum atomic E-state index is -1.63. The van der Waals surface area contributed by atoms with Crippen molar-refractivity contribution in [1.82, 2.24) is 15.0 Å². The van der Waals surface area contributed by atoms with Gasteiger partial charge in [-0.3, -0.25) is 14.5 Å². The van der Waals surface area contributed by atoms with E-state index < -0.39 is 17.5 Å². The average Bonchev–Trinajstić information content (AvgIpc) is 3.27. The van der Waals surface area contributed by atoms with Crippen molar-refractivity contribution >= 4 is 22.8 Å². The van der Waals surface area contributed by atoms with Crippen LogP contribution in [0.1, 0.15) is 52.1 Å². The standard InChI is InChI=1S/C23H22FN3O4/c1-23(30,27-21(28)16-4-2-3-5-17(16)22(27)29)13-26-10-8-14(9-11-26)20-18-7-6-15(24)12-19(18)31-25-20/h2-7,12,14,30H,8-11,13H2,1H3. The highest BCUT2D eigenvalue weighted by atomic mass is 19.1. The zero-order valence-electron chi connectivity index (χ0n) is 17.0. The quantitative estimate of drug-likeness (QED) is 0.649. The van der Waals surface area contributed by atoms with Gasteiger partial charge in [-0.2, -0.15) is 0 Å². The first-order chi connectivity index (χ1) is 14.8. The van der Waals surface area contributed by atoms with Crippen LogP contribution < -0.4 is 0 Å². The Labute approximate surface area is 178 Å². The summed E-state index contributed by atoms with van der Waals surface area (Å²) in [5.74, 6) is -1.14. The number of hydrogen-bond acceptors (Lipinski definition) is 6. The number of β-amino-alcohol motifs (C(OH)–C–C–N with tert-alkyl or cyclic N) is 1. The number of aliphatic hydroxyl groups is 1. The maximum atomic E-state index is 13.4. The number of likely N-dealkylation sites (tertiary alicyclic amines) is 1. The fraction of sp³-hybridized carbons (Fsp3) is 0.348. The van der Waals surface area contributed by atoms with Crippen molar-refractivity contribution in [3.05, 3.63) is 65.1 Å². The largest absolute Gasteiger partial charge is 0.369 e. The number of hydrogen-bond donors (Lipinski definition) is 1. The molecule has 2 aromatic carbocycles. The third kappa shape index (κ3) is 3.32. The van der Waals surface area contributed by atoms with Gasteiger partial charge in [-0.15, -0.1) is 0 Å². The molecule has 0 radical (unpaired) electrons. The molecular formula is C23H22FN3O4. The molecule has 31 heavy (non-hydrogen) atoms. The normalized spacial score (nSPS) is 19.8. The van der Waals surface area contributed by atoms with E-state index in [2.05, 4.69) is 5.16 Å². The molecule has 160 valence electrons. The minimum Gasteiger partial charge on any atom is -0.369 e. The number of amides is 2. The summed E-state index contributed by atoms with van der Waals surface area (Å²) in [7, 11) is 0. The maximum absolute atomic E-state index is 13.4. The summed E-state index contributed by atoms with van der Waals surface area (Å²) in [5.41, 5.74) is 0.271. The predicted molar refractivity (Wildman–Crippen MR) is 110 cm³/mol. The second-order valence-electron chi connectivity index (χ2n) is 8.47. The molecule has 7 nitrogen and oxygen atoms in total. The molecule has 1 aromatic heterocycles. The number of aromatic nitrogens is 1. The summed E-state index contributed by atoms with van der Waals surface area (Å²) < 4.78 is 18.7. The number of fused-ring (bicyclic) bond motifs is 2. The van der Waals surface area contributed by atoms with Gasteiger partial charge in [-0.05, 0) is 57.1 Å². The van der Waals surface area contributed by atoms with E-state index in [4.69, 9.17) is 4.52 Å². The van der Waals surface area contributed by atoms with E-state index in [9.17, 15) is 19.1 Å². The van der Waals surface area contributed by atoms with Crippen molar-refractivity contribution in [2.45, 2.75) is 31.4 Å². The summed E-state index contributed by atoms with van der Waals surface area (Å²) in [6, 6.07) is 11.0. The molecule has 2 aliphatic heterocycles. The van der Waals surface area contributed by atoms with Gasteiger partial charge in [0.1, 0.15) is 5.82 Å². The minimum absolute atomic E-state index is 0.159. The molecule has 8 heteroatoms. The summed E-state index contributed by atoms with van der Waals surface area (Å²) in [6.07, 6.45) is 1.55. The number of nitrogens with zero attached hydrogens (tertiary/aromatic N) is 3. The number of piperidine rings is 1. The Morgan fingerprint density at radius 2 is 1.77 bits per heavy atom. The monoisotopic (exact) mass is 423 g/mol. The molecular weight excluding hydrogens is 401 g/mol. The van der Waals surface area contributed by atoms with Gasteiger partial charge in [0, 0.05) is 23.9 Å². The first kappa shape index (κ1) is 19.8. The van der Waals surface area contributed by atoms with Crippen molar-refractivity contribution in [2.24, 2.45) is 0 Å². The Bertz CT molecular complexity index is 1150. The van der Waals surface area contributed by atoms with Gasteiger partial charge < -0.3 is 9.63 Å². The molecule has 3 heterocycles. The highest BCUT2D eigenvalue weighted by Gasteiger charge is 2.46. The molecule has 5 rings (SSSR count). The highest BCUT2D eigenvalue weighted by molar-refractivity contribution is 6.21. The van der Waals surface area contributed by atoms with Gasteiger partial charge in [0.15, 0.2) is 11.3 Å².